The van der Waals surface area contributed by atoms with Crippen LogP contribution in [0.2, 0.25) is 0 Å². The van der Waals surface area contributed by atoms with Crippen LogP contribution in [0.5, 0.6) is 0 Å². The van der Waals surface area contributed by atoms with Gasteiger partial charge in [0.05, 0.1) is 67.3 Å². The fourth-order valence-corrected chi connectivity index (χ4v) is 22.4. The molecule has 0 N–H and O–H groups in total. The van der Waals surface area contributed by atoms with E-state index in [0.29, 0.717) is 5.95 Å². The molecule has 10 heteroatoms. The summed E-state index contributed by atoms with van der Waals surface area (Å²) in [6.07, 6.45) is 0. The monoisotopic (exact) mass is 1860 g/mol. The zero-order chi connectivity index (χ0) is 95.1. The number of pyridine rings is 2. The summed E-state index contributed by atoms with van der Waals surface area (Å²) in [5, 5.41) is 14.4. The zero-order valence-corrected chi connectivity index (χ0v) is 78.7. The maximum atomic E-state index is 6.41. The summed E-state index contributed by atoms with van der Waals surface area (Å²) in [5.41, 5.74) is 36.5. The number of rotatable bonds is 14. The van der Waals surface area contributed by atoms with Crippen LogP contribution in [0.4, 0.5) is 0 Å². The third-order valence-corrected chi connectivity index (χ3v) is 29.3. The zero-order valence-electron chi connectivity index (χ0n) is 77.9. The number of hydrogen-bond acceptors (Lipinski definition) is 7. The molecule has 0 spiro atoms. The Hall–Kier alpha value is -19.0. The minimum atomic E-state index is 0.649. The highest BCUT2D eigenvalue weighted by molar-refractivity contribution is 7.26. The molecule has 9 heterocycles. The average molecular weight is 1860 g/mol. The van der Waals surface area contributed by atoms with Crippen LogP contribution in [-0.2, 0) is 0 Å². The molecule has 9 aromatic heterocycles. The van der Waals surface area contributed by atoms with Crippen molar-refractivity contribution < 1.29 is 8.83 Å². The van der Waals surface area contributed by atoms with Crippen molar-refractivity contribution in [1.29, 1.82) is 0 Å². The van der Waals surface area contributed by atoms with Gasteiger partial charge in [0.15, 0.2) is 0 Å². The van der Waals surface area contributed by atoms with Gasteiger partial charge in [0.25, 0.3) is 0 Å². The van der Waals surface area contributed by atoms with Gasteiger partial charge in [-0.3, -0.25) is 4.57 Å². The summed E-state index contributed by atoms with van der Waals surface area (Å²) in [4.78, 5) is 20.6. The summed E-state index contributed by atoms with van der Waals surface area (Å²) in [7, 11) is 0. The topological polar surface area (TPSA) is 92.6 Å². The number of fused-ring (bicyclic) bond motifs is 18. The van der Waals surface area contributed by atoms with E-state index in [4.69, 9.17) is 28.8 Å². The Morgan fingerprint density at radius 1 is 0.167 bits per heavy atom. The highest BCUT2D eigenvalue weighted by atomic mass is 32.1. The lowest BCUT2D eigenvalue weighted by molar-refractivity contribution is 0.669. The van der Waals surface area contributed by atoms with E-state index in [1.807, 2.05) is 84.1 Å². The van der Waals surface area contributed by atoms with Crippen LogP contribution in [0, 0.1) is 0 Å². The third kappa shape index (κ3) is 15.2. The van der Waals surface area contributed by atoms with Crippen LogP contribution < -0.4 is 0 Å². The smallest absolute Gasteiger partial charge is 0.235 e. The standard InChI is InChI=1S/C47H30N2O.C47H30N2S.C40H25N3O/c2*1-3-12-31(13-4-1)35-29-42(32-14-5-2-6-15-32)48-43(30-35)33-22-25-36(26-23-33)49-44-20-9-7-16-38(44)41-28-34(24-27-45(41)49)37-18-11-19-40-39-17-8-10-21-46(39)50-47(37)40;1-3-11-26(12-4-1)34-25-35(27-13-5-2-6-14-27)42-40(41-34)43-36-17-9-7-15-30(36)32-23-28(19-21-37(32)43)29-20-22-39-33(24-29)31-16-8-10-18-38(31)44-39/h2*1-30H;1-25H. The molecule has 0 bridgehead atoms. The fourth-order valence-electron chi connectivity index (χ4n) is 21.1. The van der Waals surface area contributed by atoms with Crippen molar-refractivity contribution in [1.82, 2.24) is 33.6 Å². The van der Waals surface area contributed by atoms with Gasteiger partial charge in [-0.1, -0.05) is 376 Å². The van der Waals surface area contributed by atoms with Crippen molar-refractivity contribution in [2.45, 2.75) is 0 Å². The quantitative estimate of drug-likeness (QED) is 0.108. The lowest BCUT2D eigenvalue weighted by atomic mass is 10.00. The van der Waals surface area contributed by atoms with Crippen molar-refractivity contribution in [2.24, 2.45) is 0 Å². The second-order valence-electron chi connectivity index (χ2n) is 36.6. The van der Waals surface area contributed by atoms with Gasteiger partial charge in [-0.05, 0) is 190 Å². The van der Waals surface area contributed by atoms with Crippen LogP contribution in [0.15, 0.2) is 524 Å². The van der Waals surface area contributed by atoms with Crippen LogP contribution in [-0.4, -0.2) is 33.6 Å². The van der Waals surface area contributed by atoms with E-state index in [9.17, 15) is 0 Å². The second-order valence-corrected chi connectivity index (χ2v) is 37.7. The lowest BCUT2D eigenvalue weighted by Crippen LogP contribution is -2.03. The molecule has 0 fully saturated rings. The summed E-state index contributed by atoms with van der Waals surface area (Å²) >= 11 is 1.88. The van der Waals surface area contributed by atoms with E-state index in [1.165, 1.54) is 80.5 Å². The van der Waals surface area contributed by atoms with E-state index >= 15 is 0 Å². The molecule has 0 radical (unpaired) electrons. The number of benzene rings is 20. The Morgan fingerprint density at radius 2 is 0.479 bits per heavy atom. The largest absolute Gasteiger partial charge is 0.456 e. The van der Waals surface area contributed by atoms with E-state index in [1.54, 1.807) is 0 Å². The predicted molar refractivity (Wildman–Crippen MR) is 601 cm³/mol. The fraction of sp³-hybridized carbons (Fsp3) is 0. The Kier molecular flexibility index (Phi) is 20.9. The Balaban J connectivity index is 0.000000108. The van der Waals surface area contributed by atoms with Crippen molar-refractivity contribution in [2.75, 3.05) is 0 Å². The number of hydrogen-bond donors (Lipinski definition) is 0. The highest BCUT2D eigenvalue weighted by Gasteiger charge is 2.24. The minimum Gasteiger partial charge on any atom is -0.456 e. The van der Waals surface area contributed by atoms with Gasteiger partial charge in [0.2, 0.25) is 5.95 Å². The number of thiophene rings is 1. The Morgan fingerprint density at radius 3 is 0.958 bits per heavy atom. The molecule has 0 aliphatic carbocycles. The van der Waals surface area contributed by atoms with Gasteiger partial charge < -0.3 is 18.0 Å². The van der Waals surface area contributed by atoms with Crippen LogP contribution in [0.1, 0.15) is 0 Å². The second kappa shape index (κ2) is 35.8. The van der Waals surface area contributed by atoms with Crippen molar-refractivity contribution in [3.63, 3.8) is 0 Å². The molecule has 0 aliphatic rings. The molecule has 0 saturated carbocycles. The van der Waals surface area contributed by atoms with Crippen LogP contribution in [0.25, 0.3) is 270 Å². The molecule has 0 atom stereocenters. The SMILES string of the molecule is c1ccc(-c2cc(-c3ccccc3)nc(-c3ccc(-n4c5ccccc5c5cc(-c6cccc7c6oc6ccccc67)ccc54)cc3)c2)cc1.c1ccc(-c2cc(-c3ccccc3)nc(-c3ccc(-n4c5ccccc5c5cc(-c6cccc7c6sc6ccccc67)ccc54)cc3)c2)cc1.c1ccc(-c2cc(-c3ccccc3)nc(-n3c4ccccc4c4cc(-c5ccc6oc7ccccc7c6c5)ccc43)n2)cc1. The van der Waals surface area contributed by atoms with E-state index in [-0.39, 0.29) is 0 Å². The van der Waals surface area contributed by atoms with E-state index in [2.05, 4.69) is 457 Å². The first-order valence-electron chi connectivity index (χ1n) is 48.7. The van der Waals surface area contributed by atoms with Crippen molar-refractivity contribution in [3.8, 4) is 141 Å². The van der Waals surface area contributed by atoms with Gasteiger partial charge >= 0.3 is 0 Å². The molecule has 674 valence electrons. The molecular formula is C134H85N7O2S. The van der Waals surface area contributed by atoms with Gasteiger partial charge in [0, 0.05) is 124 Å². The van der Waals surface area contributed by atoms with Gasteiger partial charge in [0.1, 0.15) is 22.3 Å². The van der Waals surface area contributed by atoms with E-state index in [0.717, 1.165) is 183 Å². The number of nitrogens with zero attached hydrogens (tertiary/aromatic N) is 7. The molecule has 29 aromatic rings. The third-order valence-electron chi connectivity index (χ3n) is 28.1. The maximum Gasteiger partial charge on any atom is 0.235 e. The van der Waals surface area contributed by atoms with Crippen molar-refractivity contribution in [3.05, 3.63) is 516 Å². The summed E-state index contributed by atoms with van der Waals surface area (Å²) < 4.78 is 22.1. The molecule has 9 nitrogen and oxygen atoms in total. The van der Waals surface area contributed by atoms with Gasteiger partial charge in [-0.15, -0.1) is 11.3 Å². The van der Waals surface area contributed by atoms with Crippen LogP contribution >= 0.6 is 11.3 Å². The number of furan rings is 2. The highest BCUT2D eigenvalue weighted by Crippen LogP contribution is 2.47. The first-order valence-corrected chi connectivity index (χ1v) is 49.5. The minimum absolute atomic E-state index is 0.649. The Bertz CT molecular complexity index is 9430. The average Bonchev–Trinajstić information content (AvgIpc) is 1.59. The molecule has 144 heavy (non-hydrogen) atoms. The Labute approximate surface area is 833 Å². The van der Waals surface area contributed by atoms with Crippen LogP contribution in [0.3, 0.4) is 0 Å². The maximum absolute atomic E-state index is 6.41. The summed E-state index contributed by atoms with van der Waals surface area (Å²) in [6, 6.07) is 182. The van der Waals surface area contributed by atoms with E-state index < -0.39 is 0 Å². The lowest BCUT2D eigenvalue weighted by Gasteiger charge is -2.12. The first kappa shape index (κ1) is 84.3. The summed E-state index contributed by atoms with van der Waals surface area (Å²) in [5.74, 6) is 0.649. The number of para-hydroxylation sites is 6. The van der Waals surface area contributed by atoms with Crippen molar-refractivity contribution >= 4 is 141 Å². The molecular weight excluding hydrogens is 1770 g/mol. The first-order chi connectivity index (χ1) is 71.4. The molecule has 0 amide bonds. The molecule has 29 rings (SSSR count). The molecule has 0 saturated heterocycles. The number of aromatic nitrogens is 7. The summed E-state index contributed by atoms with van der Waals surface area (Å²) in [6.45, 7) is 0. The molecule has 0 aliphatic heterocycles. The molecule has 20 aromatic carbocycles. The molecule has 0 unspecified atom stereocenters. The normalized spacial score (nSPS) is 11.6. The predicted octanol–water partition coefficient (Wildman–Crippen LogP) is 36.4. The van der Waals surface area contributed by atoms with Gasteiger partial charge in [-0.25, -0.2) is 19.9 Å². The van der Waals surface area contributed by atoms with Gasteiger partial charge in [-0.2, -0.15) is 0 Å².